The van der Waals surface area contributed by atoms with E-state index in [0.717, 1.165) is 25.2 Å². The summed E-state index contributed by atoms with van der Waals surface area (Å²) in [7, 11) is 1.99. The maximum Gasteiger partial charge on any atom is 0.148 e. The van der Waals surface area contributed by atoms with Crippen LogP contribution in [-0.2, 0) is 13.5 Å². The van der Waals surface area contributed by atoms with Gasteiger partial charge in [-0.3, -0.25) is 4.68 Å². The Morgan fingerprint density at radius 2 is 2.20 bits per heavy atom. The Bertz CT molecular complexity index is 365. The number of aromatic nitrogens is 2. The quantitative estimate of drug-likeness (QED) is 0.781. The average Bonchev–Trinajstić information content (AvgIpc) is 2.42. The Morgan fingerprint density at radius 1 is 1.47 bits per heavy atom. The van der Waals surface area contributed by atoms with Crippen molar-refractivity contribution in [3.63, 3.8) is 0 Å². The fraction of sp³-hybridized carbons (Fsp3) is 0.727. The van der Waals surface area contributed by atoms with Crippen LogP contribution >= 0.6 is 0 Å². The van der Waals surface area contributed by atoms with E-state index in [4.69, 9.17) is 0 Å². The first-order valence-electron chi connectivity index (χ1n) is 5.61. The molecule has 2 heterocycles. The monoisotopic (exact) mass is 208 g/mol. The van der Waals surface area contributed by atoms with Gasteiger partial charge in [0.25, 0.3) is 0 Å². The predicted molar refractivity (Wildman–Crippen MR) is 63.4 cm³/mol. The predicted octanol–water partition coefficient (Wildman–Crippen LogP) is 1.99. The minimum absolute atomic E-state index is 0.101. The minimum Gasteiger partial charge on any atom is -0.378 e. The highest BCUT2D eigenvalue weighted by atomic mass is 15.4. The van der Waals surface area contributed by atoms with Crippen molar-refractivity contribution in [2.75, 3.05) is 17.2 Å². The molecule has 0 atom stereocenters. The number of hydrogen-bond donors (Lipinski definition) is 2. The molecule has 2 N–H and O–H groups in total. The molecule has 0 aromatic carbocycles. The lowest BCUT2D eigenvalue weighted by atomic mass is 10.0. The first-order valence-corrected chi connectivity index (χ1v) is 5.61. The molecule has 1 aromatic rings. The second-order valence-corrected chi connectivity index (χ2v) is 4.91. The highest BCUT2D eigenvalue weighted by molar-refractivity contribution is 5.71. The summed E-state index contributed by atoms with van der Waals surface area (Å²) in [6, 6.07) is 0. The molecule has 0 saturated heterocycles. The van der Waals surface area contributed by atoms with Crippen LogP contribution in [0.25, 0.3) is 0 Å². The number of fused-ring (bicyclic) bond motifs is 1. The summed E-state index contributed by atoms with van der Waals surface area (Å²) in [6.45, 7) is 7.51. The molecule has 4 nitrogen and oxygen atoms in total. The van der Waals surface area contributed by atoms with Gasteiger partial charge in [-0.25, -0.2) is 0 Å². The molecule has 2 rings (SSSR count). The molecule has 1 aromatic heterocycles. The van der Waals surface area contributed by atoms with Crippen molar-refractivity contribution >= 4 is 11.5 Å². The molecular formula is C11H20N4. The standard InChI is InChI=1S/C11H20N4/c1-5-6-8-9-10(15(4)14-8)13-11(2,3)7-12-9/h12-13H,5-7H2,1-4H3. The molecule has 15 heavy (non-hydrogen) atoms. The van der Waals surface area contributed by atoms with Crippen LogP contribution in [0.15, 0.2) is 0 Å². The lowest BCUT2D eigenvalue weighted by Gasteiger charge is -2.33. The van der Waals surface area contributed by atoms with Gasteiger partial charge in [0.1, 0.15) is 11.5 Å². The summed E-state index contributed by atoms with van der Waals surface area (Å²) in [5.74, 6) is 1.12. The number of anilines is 2. The Kier molecular flexibility index (Phi) is 2.37. The molecule has 0 spiro atoms. The van der Waals surface area contributed by atoms with E-state index in [1.807, 2.05) is 11.7 Å². The van der Waals surface area contributed by atoms with E-state index in [2.05, 4.69) is 36.5 Å². The highest BCUT2D eigenvalue weighted by Crippen LogP contribution is 2.32. The molecule has 0 fully saturated rings. The summed E-state index contributed by atoms with van der Waals surface area (Å²) < 4.78 is 1.94. The molecule has 1 aliphatic rings. The van der Waals surface area contributed by atoms with Crippen LogP contribution in [0, 0.1) is 0 Å². The van der Waals surface area contributed by atoms with Gasteiger partial charge in [-0.15, -0.1) is 0 Å². The van der Waals surface area contributed by atoms with Gasteiger partial charge >= 0.3 is 0 Å². The molecule has 0 radical (unpaired) electrons. The van der Waals surface area contributed by atoms with Crippen LogP contribution in [0.1, 0.15) is 32.9 Å². The summed E-state index contributed by atoms with van der Waals surface area (Å²) in [5, 5.41) is 11.5. The Labute approximate surface area is 91.1 Å². The van der Waals surface area contributed by atoms with Gasteiger partial charge in [0.05, 0.1) is 11.2 Å². The van der Waals surface area contributed by atoms with Gasteiger partial charge in [-0.05, 0) is 20.3 Å². The fourth-order valence-corrected chi connectivity index (χ4v) is 1.99. The van der Waals surface area contributed by atoms with E-state index < -0.39 is 0 Å². The zero-order valence-corrected chi connectivity index (χ0v) is 10.0. The van der Waals surface area contributed by atoms with E-state index in [9.17, 15) is 0 Å². The zero-order chi connectivity index (χ0) is 11.1. The maximum atomic E-state index is 4.54. The summed E-state index contributed by atoms with van der Waals surface area (Å²) >= 11 is 0. The second-order valence-electron chi connectivity index (χ2n) is 4.91. The number of nitrogens with one attached hydrogen (secondary N) is 2. The molecule has 1 aliphatic heterocycles. The third-order valence-corrected chi connectivity index (χ3v) is 2.77. The van der Waals surface area contributed by atoms with Crippen molar-refractivity contribution in [1.82, 2.24) is 9.78 Å². The Balaban J connectivity index is 2.35. The van der Waals surface area contributed by atoms with E-state index in [1.54, 1.807) is 0 Å². The van der Waals surface area contributed by atoms with Crippen molar-refractivity contribution in [1.29, 1.82) is 0 Å². The number of rotatable bonds is 2. The minimum atomic E-state index is 0.101. The molecule has 84 valence electrons. The van der Waals surface area contributed by atoms with Crippen LogP contribution in [0.5, 0.6) is 0 Å². The molecule has 0 unspecified atom stereocenters. The number of hydrogen-bond acceptors (Lipinski definition) is 3. The number of nitrogens with zero attached hydrogens (tertiary/aromatic N) is 2. The van der Waals surface area contributed by atoms with Crippen molar-refractivity contribution in [2.45, 2.75) is 39.2 Å². The van der Waals surface area contributed by atoms with Gasteiger partial charge in [-0.1, -0.05) is 13.3 Å². The van der Waals surface area contributed by atoms with Crippen LogP contribution in [0.2, 0.25) is 0 Å². The van der Waals surface area contributed by atoms with Crippen LogP contribution in [0.3, 0.4) is 0 Å². The van der Waals surface area contributed by atoms with E-state index in [1.165, 1.54) is 11.4 Å². The van der Waals surface area contributed by atoms with Crippen molar-refractivity contribution in [3.8, 4) is 0 Å². The van der Waals surface area contributed by atoms with Gasteiger partial charge < -0.3 is 10.6 Å². The van der Waals surface area contributed by atoms with Crippen molar-refractivity contribution in [2.24, 2.45) is 7.05 Å². The third-order valence-electron chi connectivity index (χ3n) is 2.77. The number of aryl methyl sites for hydroxylation is 2. The zero-order valence-electron chi connectivity index (χ0n) is 10.0. The summed E-state index contributed by atoms with van der Waals surface area (Å²) in [6.07, 6.45) is 2.17. The molecular weight excluding hydrogens is 188 g/mol. The fourth-order valence-electron chi connectivity index (χ4n) is 1.99. The Morgan fingerprint density at radius 3 is 2.87 bits per heavy atom. The third kappa shape index (κ3) is 1.80. The lowest BCUT2D eigenvalue weighted by molar-refractivity contribution is 0.576. The van der Waals surface area contributed by atoms with Crippen LogP contribution in [0.4, 0.5) is 11.5 Å². The largest absolute Gasteiger partial charge is 0.378 e. The smallest absolute Gasteiger partial charge is 0.148 e. The molecule has 0 bridgehead atoms. The molecule has 0 saturated carbocycles. The van der Waals surface area contributed by atoms with Gasteiger partial charge in [0.2, 0.25) is 0 Å². The molecule has 4 heteroatoms. The molecule has 0 aliphatic carbocycles. The van der Waals surface area contributed by atoms with E-state index >= 15 is 0 Å². The van der Waals surface area contributed by atoms with Gasteiger partial charge in [-0.2, -0.15) is 5.10 Å². The average molecular weight is 208 g/mol. The maximum absolute atomic E-state index is 4.54. The first-order chi connectivity index (χ1) is 7.03. The van der Waals surface area contributed by atoms with Crippen LogP contribution in [-0.4, -0.2) is 21.9 Å². The van der Waals surface area contributed by atoms with Crippen LogP contribution < -0.4 is 10.6 Å². The second kappa shape index (κ2) is 3.43. The SMILES string of the molecule is CCCc1nn(C)c2c1NCC(C)(C)N2. The topological polar surface area (TPSA) is 41.9 Å². The normalized spacial score (nSPS) is 17.9. The van der Waals surface area contributed by atoms with Crippen molar-refractivity contribution in [3.05, 3.63) is 5.69 Å². The van der Waals surface area contributed by atoms with E-state index in [-0.39, 0.29) is 5.54 Å². The lowest BCUT2D eigenvalue weighted by Crippen LogP contribution is -2.42. The summed E-state index contributed by atoms with van der Waals surface area (Å²) in [5.41, 5.74) is 2.47. The summed E-state index contributed by atoms with van der Waals surface area (Å²) in [4.78, 5) is 0. The van der Waals surface area contributed by atoms with Crippen molar-refractivity contribution < 1.29 is 0 Å². The van der Waals surface area contributed by atoms with E-state index in [0.29, 0.717) is 0 Å². The molecule has 0 amide bonds. The first kappa shape index (κ1) is 10.3. The Hall–Kier alpha value is -1.19. The van der Waals surface area contributed by atoms with Gasteiger partial charge in [0, 0.05) is 13.6 Å². The highest BCUT2D eigenvalue weighted by Gasteiger charge is 2.28. The van der Waals surface area contributed by atoms with Gasteiger partial charge in [0.15, 0.2) is 0 Å².